The van der Waals surface area contributed by atoms with Gasteiger partial charge in [-0.2, -0.15) is 0 Å². The Labute approximate surface area is 67.4 Å². The molecule has 0 amide bonds. The van der Waals surface area contributed by atoms with Crippen molar-refractivity contribution in [1.29, 1.82) is 0 Å². The summed E-state index contributed by atoms with van der Waals surface area (Å²) in [6.07, 6.45) is 1.97. The van der Waals surface area contributed by atoms with Gasteiger partial charge in [0, 0.05) is 13.1 Å². The van der Waals surface area contributed by atoms with Crippen molar-refractivity contribution in [3.8, 4) is 0 Å². The van der Waals surface area contributed by atoms with Crippen LogP contribution >= 0.6 is 0 Å². The van der Waals surface area contributed by atoms with E-state index in [9.17, 15) is 0 Å². The topological polar surface area (TPSA) is 30.5 Å². The largest absolute Gasteiger partial charge is 0.375 e. The molecule has 0 radical (unpaired) electrons. The number of hydrogen-bond acceptors (Lipinski definition) is 3. The Bertz CT molecular complexity index is 111. The smallest absolute Gasteiger partial charge is 0.0933 e. The molecule has 0 aromatic carbocycles. The Hall–Kier alpha value is -0.380. The van der Waals surface area contributed by atoms with E-state index in [2.05, 4.69) is 11.9 Å². The second-order valence-electron chi connectivity index (χ2n) is 2.52. The van der Waals surface area contributed by atoms with Crippen LogP contribution in [-0.4, -0.2) is 39.0 Å². The molecule has 1 unspecified atom stereocenters. The molecule has 1 N–H and O–H groups in total. The van der Waals surface area contributed by atoms with Crippen LogP contribution in [0.15, 0.2) is 12.7 Å². The maximum atomic E-state index is 5.40. The maximum absolute atomic E-state index is 5.40. The van der Waals surface area contributed by atoms with Gasteiger partial charge in [-0.1, -0.05) is 6.08 Å². The van der Waals surface area contributed by atoms with Crippen molar-refractivity contribution in [1.82, 2.24) is 5.32 Å². The monoisotopic (exact) mass is 157 g/mol. The lowest BCUT2D eigenvalue weighted by atomic mass is 10.3. The molecular weight excluding hydrogens is 142 g/mol. The van der Waals surface area contributed by atoms with E-state index in [0.29, 0.717) is 13.2 Å². The molecule has 11 heavy (non-hydrogen) atoms. The highest BCUT2D eigenvalue weighted by Crippen LogP contribution is 1.96. The summed E-state index contributed by atoms with van der Waals surface area (Å²) in [6, 6.07) is 0. The second kappa shape index (κ2) is 5.29. The van der Waals surface area contributed by atoms with E-state index in [1.807, 2.05) is 0 Å². The lowest BCUT2D eigenvalue weighted by Gasteiger charge is -2.22. The highest BCUT2D eigenvalue weighted by Gasteiger charge is 2.12. The molecule has 0 spiro atoms. The summed E-state index contributed by atoms with van der Waals surface area (Å²) >= 11 is 0. The van der Waals surface area contributed by atoms with Crippen LogP contribution in [0.3, 0.4) is 0 Å². The molecule has 0 aliphatic carbocycles. The molecule has 1 heterocycles. The van der Waals surface area contributed by atoms with Gasteiger partial charge >= 0.3 is 0 Å². The van der Waals surface area contributed by atoms with Crippen LogP contribution in [0.25, 0.3) is 0 Å². The molecule has 64 valence electrons. The van der Waals surface area contributed by atoms with Crippen LogP contribution in [0.4, 0.5) is 0 Å². The van der Waals surface area contributed by atoms with Gasteiger partial charge in [0.1, 0.15) is 0 Å². The van der Waals surface area contributed by atoms with Crippen molar-refractivity contribution in [2.24, 2.45) is 0 Å². The molecule has 1 fully saturated rings. The van der Waals surface area contributed by atoms with E-state index in [1.165, 1.54) is 0 Å². The Morgan fingerprint density at radius 2 is 2.64 bits per heavy atom. The Morgan fingerprint density at radius 3 is 3.27 bits per heavy atom. The Kier molecular flexibility index (Phi) is 4.19. The molecule has 0 aromatic heterocycles. The molecule has 0 bridgehead atoms. The zero-order valence-electron chi connectivity index (χ0n) is 6.71. The lowest BCUT2D eigenvalue weighted by Crippen LogP contribution is -2.41. The minimum atomic E-state index is 0.226. The normalized spacial score (nSPS) is 24.9. The first-order valence-corrected chi connectivity index (χ1v) is 3.94. The number of morpholine rings is 1. The molecular formula is C8H15NO2. The molecule has 1 aliphatic rings. The van der Waals surface area contributed by atoms with Gasteiger partial charge in [0.15, 0.2) is 0 Å². The van der Waals surface area contributed by atoms with Gasteiger partial charge in [0.2, 0.25) is 0 Å². The van der Waals surface area contributed by atoms with Gasteiger partial charge in [-0.25, -0.2) is 0 Å². The molecule has 0 saturated carbocycles. The SMILES string of the molecule is C=CCOCC1CNCCO1. The fourth-order valence-corrected chi connectivity index (χ4v) is 1.01. The van der Waals surface area contributed by atoms with Crippen molar-refractivity contribution < 1.29 is 9.47 Å². The van der Waals surface area contributed by atoms with Crippen molar-refractivity contribution in [3.63, 3.8) is 0 Å². The predicted molar refractivity (Wildman–Crippen MR) is 43.6 cm³/mol. The van der Waals surface area contributed by atoms with E-state index in [1.54, 1.807) is 6.08 Å². The van der Waals surface area contributed by atoms with Crippen LogP contribution in [0, 0.1) is 0 Å². The van der Waals surface area contributed by atoms with Crippen molar-refractivity contribution in [2.75, 3.05) is 32.9 Å². The first-order chi connectivity index (χ1) is 5.43. The highest BCUT2D eigenvalue weighted by molar-refractivity contribution is 4.68. The average molecular weight is 157 g/mol. The van der Waals surface area contributed by atoms with E-state index >= 15 is 0 Å². The van der Waals surface area contributed by atoms with Gasteiger partial charge < -0.3 is 14.8 Å². The van der Waals surface area contributed by atoms with Gasteiger partial charge in [0.25, 0.3) is 0 Å². The fourth-order valence-electron chi connectivity index (χ4n) is 1.01. The quantitative estimate of drug-likeness (QED) is 0.466. The van der Waals surface area contributed by atoms with Crippen molar-refractivity contribution in [2.45, 2.75) is 6.10 Å². The minimum absolute atomic E-state index is 0.226. The van der Waals surface area contributed by atoms with Crippen molar-refractivity contribution in [3.05, 3.63) is 12.7 Å². The summed E-state index contributed by atoms with van der Waals surface area (Å²) in [6.45, 7) is 7.49. The summed E-state index contributed by atoms with van der Waals surface area (Å²) in [7, 11) is 0. The van der Waals surface area contributed by atoms with Crippen LogP contribution in [0.5, 0.6) is 0 Å². The van der Waals surface area contributed by atoms with Gasteiger partial charge in [-0.15, -0.1) is 6.58 Å². The Balaban J connectivity index is 2.00. The molecule has 1 atom stereocenters. The Morgan fingerprint density at radius 1 is 1.73 bits per heavy atom. The van der Waals surface area contributed by atoms with Crippen LogP contribution in [-0.2, 0) is 9.47 Å². The maximum Gasteiger partial charge on any atom is 0.0933 e. The third-order valence-electron chi connectivity index (χ3n) is 1.54. The second-order valence-corrected chi connectivity index (χ2v) is 2.52. The predicted octanol–water partition coefficient (Wildman–Crippen LogP) is 0.177. The van der Waals surface area contributed by atoms with E-state index < -0.39 is 0 Å². The van der Waals surface area contributed by atoms with Crippen molar-refractivity contribution >= 4 is 0 Å². The molecule has 1 rings (SSSR count). The van der Waals surface area contributed by atoms with Gasteiger partial charge in [0.05, 0.1) is 25.9 Å². The number of hydrogen-bond donors (Lipinski definition) is 1. The molecule has 3 nitrogen and oxygen atoms in total. The molecule has 1 aliphatic heterocycles. The zero-order valence-corrected chi connectivity index (χ0v) is 6.71. The minimum Gasteiger partial charge on any atom is -0.375 e. The van der Waals surface area contributed by atoms with E-state index in [-0.39, 0.29) is 6.10 Å². The lowest BCUT2D eigenvalue weighted by molar-refractivity contribution is -0.0256. The summed E-state index contributed by atoms with van der Waals surface area (Å²) in [4.78, 5) is 0. The number of ether oxygens (including phenoxy) is 2. The summed E-state index contributed by atoms with van der Waals surface area (Å²) in [5, 5.41) is 3.23. The van der Waals surface area contributed by atoms with Crippen LogP contribution < -0.4 is 5.32 Å². The summed E-state index contributed by atoms with van der Waals surface area (Å²) < 4.78 is 10.6. The number of nitrogens with one attached hydrogen (secondary N) is 1. The van der Waals surface area contributed by atoms with Gasteiger partial charge in [-0.05, 0) is 0 Å². The summed E-state index contributed by atoms with van der Waals surface area (Å²) in [5.41, 5.74) is 0. The third-order valence-corrected chi connectivity index (χ3v) is 1.54. The average Bonchev–Trinajstić information content (AvgIpc) is 2.07. The number of rotatable bonds is 4. The van der Waals surface area contributed by atoms with Crippen LogP contribution in [0.1, 0.15) is 0 Å². The zero-order chi connectivity index (χ0) is 7.94. The molecule has 0 aromatic rings. The molecule has 1 saturated heterocycles. The van der Waals surface area contributed by atoms with Crippen LogP contribution in [0.2, 0.25) is 0 Å². The molecule has 3 heteroatoms. The third kappa shape index (κ3) is 3.51. The fraction of sp³-hybridized carbons (Fsp3) is 0.750. The van der Waals surface area contributed by atoms with Gasteiger partial charge in [-0.3, -0.25) is 0 Å². The first kappa shape index (κ1) is 8.71. The standard InChI is InChI=1S/C8H15NO2/c1-2-4-10-7-8-6-9-3-5-11-8/h2,8-9H,1,3-7H2. The summed E-state index contributed by atoms with van der Waals surface area (Å²) in [5.74, 6) is 0. The van der Waals surface area contributed by atoms with E-state index in [0.717, 1.165) is 19.7 Å². The van der Waals surface area contributed by atoms with E-state index in [4.69, 9.17) is 9.47 Å². The highest BCUT2D eigenvalue weighted by atomic mass is 16.5. The first-order valence-electron chi connectivity index (χ1n) is 3.94.